The fraction of sp³-hybridized carbons (Fsp3) is 0.174. The first-order chi connectivity index (χ1) is 14.3. The SMILES string of the molecule is C[C@]12O[C@](C)(c3cncc(Cl)c31)c1c2c2ccccc2n1S(=O)(=O)c1ccccc1. The number of aromatic nitrogens is 2. The number of rotatable bonds is 2. The summed E-state index contributed by atoms with van der Waals surface area (Å²) in [6.45, 7) is 3.86. The zero-order valence-corrected chi connectivity index (χ0v) is 17.8. The van der Waals surface area contributed by atoms with E-state index in [4.69, 9.17) is 16.3 Å². The van der Waals surface area contributed by atoms with Gasteiger partial charge in [0.05, 0.1) is 21.1 Å². The van der Waals surface area contributed by atoms with E-state index in [1.54, 1.807) is 42.7 Å². The minimum atomic E-state index is -3.86. The van der Waals surface area contributed by atoms with Crippen LogP contribution in [0.1, 0.15) is 36.2 Å². The van der Waals surface area contributed by atoms with Crippen LogP contribution in [0.2, 0.25) is 5.02 Å². The predicted molar refractivity (Wildman–Crippen MR) is 114 cm³/mol. The highest BCUT2D eigenvalue weighted by Crippen LogP contribution is 2.64. The number of benzene rings is 2. The molecule has 2 aromatic heterocycles. The topological polar surface area (TPSA) is 61.2 Å². The van der Waals surface area contributed by atoms with Gasteiger partial charge in [-0.05, 0) is 32.0 Å². The Balaban J connectivity index is 1.80. The number of hydrogen-bond donors (Lipinski definition) is 0. The van der Waals surface area contributed by atoms with E-state index in [0.29, 0.717) is 16.2 Å². The molecule has 0 N–H and O–H groups in total. The van der Waals surface area contributed by atoms with Gasteiger partial charge in [0.25, 0.3) is 10.0 Å². The Morgan fingerprint density at radius 1 is 0.933 bits per heavy atom. The second kappa shape index (κ2) is 5.52. The normalized spacial score (nSPS) is 24.2. The summed E-state index contributed by atoms with van der Waals surface area (Å²) < 4.78 is 35.7. The molecule has 0 spiro atoms. The van der Waals surface area contributed by atoms with Crippen molar-refractivity contribution in [3.05, 3.63) is 94.4 Å². The molecule has 2 aromatic carbocycles. The highest BCUT2D eigenvalue weighted by Gasteiger charge is 2.63. The van der Waals surface area contributed by atoms with E-state index in [0.717, 1.165) is 22.1 Å². The third-order valence-electron chi connectivity index (χ3n) is 6.34. The van der Waals surface area contributed by atoms with Crippen LogP contribution in [-0.2, 0) is 26.0 Å². The summed E-state index contributed by atoms with van der Waals surface area (Å²) in [5.74, 6) is 0. The van der Waals surface area contributed by atoms with Crippen molar-refractivity contribution in [2.45, 2.75) is 29.9 Å². The van der Waals surface area contributed by atoms with Crippen molar-refractivity contribution >= 4 is 32.5 Å². The molecule has 2 atom stereocenters. The zero-order valence-electron chi connectivity index (χ0n) is 16.3. The molecule has 2 bridgehead atoms. The van der Waals surface area contributed by atoms with Crippen molar-refractivity contribution in [3.63, 3.8) is 0 Å². The third-order valence-corrected chi connectivity index (χ3v) is 8.36. The lowest BCUT2D eigenvalue weighted by Gasteiger charge is -2.25. The first kappa shape index (κ1) is 18.1. The molecule has 4 heterocycles. The second-order valence-corrected chi connectivity index (χ2v) is 10.2. The van der Waals surface area contributed by atoms with Crippen molar-refractivity contribution in [3.8, 4) is 0 Å². The molecule has 0 fully saturated rings. The van der Waals surface area contributed by atoms with Gasteiger partial charge in [0.1, 0.15) is 11.2 Å². The maximum atomic E-state index is 13.8. The molecule has 0 aliphatic carbocycles. The molecule has 0 saturated heterocycles. The Morgan fingerprint density at radius 3 is 2.40 bits per heavy atom. The van der Waals surface area contributed by atoms with E-state index in [-0.39, 0.29) is 4.90 Å². The highest BCUT2D eigenvalue weighted by atomic mass is 35.5. The van der Waals surface area contributed by atoms with Crippen LogP contribution < -0.4 is 0 Å². The number of nitrogens with zero attached hydrogens (tertiary/aromatic N) is 2. The van der Waals surface area contributed by atoms with Crippen LogP contribution in [0.4, 0.5) is 0 Å². The Morgan fingerprint density at radius 2 is 1.63 bits per heavy atom. The molecular weight excluding hydrogens is 420 g/mol. The van der Waals surface area contributed by atoms with Crippen molar-refractivity contribution in [1.82, 2.24) is 8.96 Å². The summed E-state index contributed by atoms with van der Waals surface area (Å²) in [4.78, 5) is 4.49. The molecule has 6 rings (SSSR count). The smallest absolute Gasteiger partial charge is 0.268 e. The van der Waals surface area contributed by atoms with Crippen LogP contribution in [-0.4, -0.2) is 17.4 Å². The van der Waals surface area contributed by atoms with Gasteiger partial charge in [0.2, 0.25) is 0 Å². The molecule has 0 unspecified atom stereocenters. The number of hydrogen-bond acceptors (Lipinski definition) is 4. The quantitative estimate of drug-likeness (QED) is 0.453. The molecule has 4 aromatic rings. The molecule has 150 valence electrons. The fourth-order valence-corrected chi connectivity index (χ4v) is 7.20. The van der Waals surface area contributed by atoms with Gasteiger partial charge in [-0.15, -0.1) is 0 Å². The van der Waals surface area contributed by atoms with E-state index in [9.17, 15) is 8.42 Å². The number of ether oxygens (including phenoxy) is 1. The van der Waals surface area contributed by atoms with E-state index in [1.807, 2.05) is 38.1 Å². The molecule has 0 saturated carbocycles. The Hall–Kier alpha value is -2.67. The van der Waals surface area contributed by atoms with Gasteiger partial charge in [-0.25, -0.2) is 12.4 Å². The summed E-state index contributed by atoms with van der Waals surface area (Å²) in [5.41, 5.74) is 1.90. The first-order valence-electron chi connectivity index (χ1n) is 9.60. The maximum absolute atomic E-state index is 13.8. The standard InChI is InChI=1S/C23H17ClN2O3S/c1-22-16-12-25-13-17(24)20(16)23(2,29-22)19-15-10-6-7-11-18(15)26(21(19)22)30(27,28)14-8-4-3-5-9-14/h3-13H,1-2H3/t22-,23-/m1/s1. The molecule has 7 heteroatoms. The van der Waals surface area contributed by atoms with E-state index in [2.05, 4.69) is 4.98 Å². The van der Waals surface area contributed by atoms with Crippen molar-refractivity contribution in [2.24, 2.45) is 0 Å². The molecule has 2 aliphatic heterocycles. The lowest BCUT2D eigenvalue weighted by atomic mass is 9.77. The summed E-state index contributed by atoms with van der Waals surface area (Å²) in [6, 6.07) is 16.0. The van der Waals surface area contributed by atoms with Gasteiger partial charge >= 0.3 is 0 Å². The van der Waals surface area contributed by atoms with Crippen LogP contribution in [0.25, 0.3) is 10.9 Å². The maximum Gasteiger partial charge on any atom is 0.268 e. The van der Waals surface area contributed by atoms with Crippen LogP contribution in [0, 0.1) is 0 Å². The lowest BCUT2D eigenvalue weighted by Crippen LogP contribution is -2.28. The number of halogens is 1. The van der Waals surface area contributed by atoms with Crippen LogP contribution in [0.15, 0.2) is 71.9 Å². The summed E-state index contributed by atoms with van der Waals surface area (Å²) >= 11 is 6.56. The van der Waals surface area contributed by atoms with Gasteiger partial charge in [-0.2, -0.15) is 0 Å². The minimum absolute atomic E-state index is 0.231. The average Bonchev–Trinajstić information content (AvgIpc) is 3.30. The van der Waals surface area contributed by atoms with Crippen molar-refractivity contribution in [1.29, 1.82) is 0 Å². The largest absolute Gasteiger partial charge is 0.348 e. The Bertz CT molecular complexity index is 1480. The van der Waals surface area contributed by atoms with Crippen LogP contribution in [0.5, 0.6) is 0 Å². The van der Waals surface area contributed by atoms with Crippen LogP contribution in [0.3, 0.4) is 0 Å². The second-order valence-electron chi connectivity index (χ2n) is 8.04. The van der Waals surface area contributed by atoms with Gasteiger partial charge in [-0.1, -0.05) is 48.0 Å². The fourth-order valence-electron chi connectivity index (χ4n) is 5.22. The summed E-state index contributed by atoms with van der Waals surface area (Å²) in [7, 11) is -3.86. The van der Waals surface area contributed by atoms with Gasteiger partial charge in [-0.3, -0.25) is 4.98 Å². The lowest BCUT2D eigenvalue weighted by molar-refractivity contribution is -0.0530. The molecule has 0 amide bonds. The minimum Gasteiger partial charge on any atom is -0.348 e. The Labute approximate surface area is 178 Å². The number of fused-ring (bicyclic) bond motifs is 10. The average molecular weight is 437 g/mol. The van der Waals surface area contributed by atoms with Crippen LogP contribution >= 0.6 is 11.6 Å². The molecule has 30 heavy (non-hydrogen) atoms. The van der Waals surface area contributed by atoms with E-state index >= 15 is 0 Å². The Kier molecular flexibility index (Phi) is 3.33. The van der Waals surface area contributed by atoms with E-state index < -0.39 is 21.2 Å². The third kappa shape index (κ3) is 1.92. The monoisotopic (exact) mass is 436 g/mol. The number of pyridine rings is 1. The first-order valence-corrected chi connectivity index (χ1v) is 11.4. The molecule has 5 nitrogen and oxygen atoms in total. The van der Waals surface area contributed by atoms with E-state index in [1.165, 1.54) is 3.97 Å². The number of para-hydroxylation sites is 1. The molecule has 0 radical (unpaired) electrons. The highest BCUT2D eigenvalue weighted by molar-refractivity contribution is 7.90. The van der Waals surface area contributed by atoms with Gasteiger partial charge in [0, 0.05) is 34.5 Å². The van der Waals surface area contributed by atoms with Gasteiger partial charge < -0.3 is 4.74 Å². The predicted octanol–water partition coefficient (Wildman–Crippen LogP) is 4.80. The van der Waals surface area contributed by atoms with Gasteiger partial charge in [0.15, 0.2) is 0 Å². The molecule has 2 aliphatic rings. The van der Waals surface area contributed by atoms with Crippen molar-refractivity contribution in [2.75, 3.05) is 0 Å². The van der Waals surface area contributed by atoms with Crippen molar-refractivity contribution < 1.29 is 13.2 Å². The summed E-state index contributed by atoms with van der Waals surface area (Å²) in [5, 5.41) is 1.36. The summed E-state index contributed by atoms with van der Waals surface area (Å²) in [6.07, 6.45) is 3.34. The molecular formula is C23H17ClN2O3S. The zero-order chi connectivity index (χ0) is 20.9.